The van der Waals surface area contributed by atoms with Crippen LogP contribution in [0.5, 0.6) is 0 Å². The molecule has 0 aromatic carbocycles. The standard InChI is InChI=1S/C16H22N4/c1-4-20-13(3)16(12(2)18-20)11-19-9-15(10-19)14-6-5-7-17-8-14/h5-8,15H,4,9-11H2,1-3H3. The highest BCUT2D eigenvalue weighted by Gasteiger charge is 2.29. The first-order valence-electron chi connectivity index (χ1n) is 7.34. The second-order valence-corrected chi connectivity index (χ2v) is 5.64. The summed E-state index contributed by atoms with van der Waals surface area (Å²) in [6.45, 7) is 10.7. The Kier molecular flexibility index (Phi) is 3.57. The zero-order valence-electron chi connectivity index (χ0n) is 12.5. The topological polar surface area (TPSA) is 34.0 Å². The highest BCUT2D eigenvalue weighted by molar-refractivity contribution is 5.26. The van der Waals surface area contributed by atoms with Gasteiger partial charge in [-0.05, 0) is 32.4 Å². The molecule has 4 nitrogen and oxygen atoms in total. The van der Waals surface area contributed by atoms with Crippen LogP contribution < -0.4 is 0 Å². The molecule has 1 aliphatic heterocycles. The number of hydrogen-bond donors (Lipinski definition) is 0. The molecule has 3 rings (SSSR count). The quantitative estimate of drug-likeness (QED) is 0.856. The molecule has 0 N–H and O–H groups in total. The summed E-state index contributed by atoms with van der Waals surface area (Å²) in [6, 6.07) is 4.21. The lowest BCUT2D eigenvalue weighted by Gasteiger charge is -2.39. The Morgan fingerprint density at radius 3 is 2.70 bits per heavy atom. The number of aryl methyl sites for hydroxylation is 2. The number of pyridine rings is 1. The fourth-order valence-electron chi connectivity index (χ4n) is 3.02. The van der Waals surface area contributed by atoms with Crippen LogP contribution in [0.2, 0.25) is 0 Å². The van der Waals surface area contributed by atoms with E-state index in [1.807, 2.05) is 18.5 Å². The molecule has 20 heavy (non-hydrogen) atoms. The van der Waals surface area contributed by atoms with Crippen molar-refractivity contribution in [1.82, 2.24) is 19.7 Å². The summed E-state index contributed by atoms with van der Waals surface area (Å²) in [4.78, 5) is 6.70. The minimum Gasteiger partial charge on any atom is -0.298 e. The van der Waals surface area contributed by atoms with Crippen molar-refractivity contribution in [3.63, 3.8) is 0 Å². The third-order valence-electron chi connectivity index (χ3n) is 4.33. The normalized spacial score (nSPS) is 16.4. The van der Waals surface area contributed by atoms with E-state index in [-0.39, 0.29) is 0 Å². The van der Waals surface area contributed by atoms with Crippen LogP contribution in [0.1, 0.15) is 35.4 Å². The highest BCUT2D eigenvalue weighted by Crippen LogP contribution is 2.28. The predicted molar refractivity (Wildman–Crippen MR) is 79.6 cm³/mol. The van der Waals surface area contributed by atoms with Crippen LogP contribution in [-0.4, -0.2) is 32.8 Å². The molecule has 3 heterocycles. The van der Waals surface area contributed by atoms with Gasteiger partial charge in [-0.25, -0.2) is 0 Å². The Balaban J connectivity index is 1.63. The van der Waals surface area contributed by atoms with E-state index in [0.29, 0.717) is 5.92 Å². The smallest absolute Gasteiger partial charge is 0.0641 e. The summed E-state index contributed by atoms with van der Waals surface area (Å²) in [5.41, 5.74) is 5.25. The molecule has 0 radical (unpaired) electrons. The second kappa shape index (κ2) is 5.37. The van der Waals surface area contributed by atoms with Crippen LogP contribution in [0.3, 0.4) is 0 Å². The summed E-state index contributed by atoms with van der Waals surface area (Å²) in [5, 5.41) is 4.60. The summed E-state index contributed by atoms with van der Waals surface area (Å²) in [6.07, 6.45) is 3.83. The monoisotopic (exact) mass is 270 g/mol. The van der Waals surface area contributed by atoms with Gasteiger partial charge in [0.05, 0.1) is 5.69 Å². The molecule has 0 saturated carbocycles. The Morgan fingerprint density at radius 1 is 1.30 bits per heavy atom. The van der Waals surface area contributed by atoms with Gasteiger partial charge in [-0.2, -0.15) is 5.10 Å². The molecule has 4 heteroatoms. The van der Waals surface area contributed by atoms with Gasteiger partial charge in [-0.15, -0.1) is 0 Å². The van der Waals surface area contributed by atoms with Crippen LogP contribution in [0.4, 0.5) is 0 Å². The molecule has 1 aliphatic rings. The molecule has 0 unspecified atom stereocenters. The number of nitrogens with zero attached hydrogens (tertiary/aromatic N) is 4. The van der Waals surface area contributed by atoms with E-state index < -0.39 is 0 Å². The minimum atomic E-state index is 0.644. The maximum absolute atomic E-state index is 4.60. The van der Waals surface area contributed by atoms with Gasteiger partial charge in [-0.1, -0.05) is 6.07 Å². The Hall–Kier alpha value is -1.68. The fraction of sp³-hybridized carbons (Fsp3) is 0.500. The van der Waals surface area contributed by atoms with Crippen molar-refractivity contribution in [3.8, 4) is 0 Å². The summed E-state index contributed by atoms with van der Waals surface area (Å²) >= 11 is 0. The highest BCUT2D eigenvalue weighted by atomic mass is 15.3. The van der Waals surface area contributed by atoms with E-state index in [1.165, 1.54) is 22.5 Å². The van der Waals surface area contributed by atoms with Gasteiger partial charge in [0.25, 0.3) is 0 Å². The summed E-state index contributed by atoms with van der Waals surface area (Å²) < 4.78 is 2.10. The van der Waals surface area contributed by atoms with Crippen LogP contribution in [0, 0.1) is 13.8 Å². The van der Waals surface area contributed by atoms with E-state index in [0.717, 1.165) is 26.2 Å². The van der Waals surface area contributed by atoms with Crippen LogP contribution in [0.15, 0.2) is 24.5 Å². The van der Waals surface area contributed by atoms with Crippen molar-refractivity contribution < 1.29 is 0 Å². The molecule has 0 bridgehead atoms. The maximum atomic E-state index is 4.60. The van der Waals surface area contributed by atoms with Crippen LogP contribution in [-0.2, 0) is 13.1 Å². The number of likely N-dealkylation sites (tertiary alicyclic amines) is 1. The average molecular weight is 270 g/mol. The third kappa shape index (κ3) is 2.36. The zero-order chi connectivity index (χ0) is 14.1. The van der Waals surface area contributed by atoms with Crippen molar-refractivity contribution in [2.45, 2.75) is 39.8 Å². The molecule has 2 aromatic heterocycles. The molecular weight excluding hydrogens is 248 g/mol. The molecule has 0 amide bonds. The first-order valence-corrected chi connectivity index (χ1v) is 7.34. The van der Waals surface area contributed by atoms with E-state index in [4.69, 9.17) is 0 Å². The zero-order valence-corrected chi connectivity index (χ0v) is 12.5. The third-order valence-corrected chi connectivity index (χ3v) is 4.33. The van der Waals surface area contributed by atoms with Gasteiger partial charge in [0.1, 0.15) is 0 Å². The predicted octanol–water partition coefficient (Wildman–Crippen LogP) is 2.51. The Morgan fingerprint density at radius 2 is 2.10 bits per heavy atom. The van der Waals surface area contributed by atoms with Crippen LogP contribution >= 0.6 is 0 Å². The fourth-order valence-corrected chi connectivity index (χ4v) is 3.02. The number of rotatable bonds is 4. The molecule has 0 spiro atoms. The molecule has 1 saturated heterocycles. The van der Waals surface area contributed by atoms with Gasteiger partial charge in [0.15, 0.2) is 0 Å². The first-order chi connectivity index (χ1) is 9.69. The van der Waals surface area contributed by atoms with E-state index >= 15 is 0 Å². The lowest BCUT2D eigenvalue weighted by Crippen LogP contribution is -2.44. The number of aromatic nitrogens is 3. The van der Waals surface area contributed by atoms with Gasteiger partial charge in [0, 0.05) is 55.7 Å². The molecule has 2 aromatic rings. The first kappa shape index (κ1) is 13.3. The average Bonchev–Trinajstić information content (AvgIpc) is 2.69. The lowest BCUT2D eigenvalue weighted by molar-refractivity contribution is 0.139. The van der Waals surface area contributed by atoms with Crippen molar-refractivity contribution in [1.29, 1.82) is 0 Å². The molecule has 0 atom stereocenters. The summed E-state index contributed by atoms with van der Waals surface area (Å²) in [7, 11) is 0. The number of hydrogen-bond acceptors (Lipinski definition) is 3. The molecule has 1 fully saturated rings. The summed E-state index contributed by atoms with van der Waals surface area (Å²) in [5.74, 6) is 0.644. The van der Waals surface area contributed by atoms with Gasteiger partial charge in [-0.3, -0.25) is 14.6 Å². The van der Waals surface area contributed by atoms with E-state index in [2.05, 4.69) is 46.5 Å². The van der Waals surface area contributed by atoms with Gasteiger partial charge >= 0.3 is 0 Å². The minimum absolute atomic E-state index is 0.644. The Bertz CT molecular complexity index is 582. The largest absolute Gasteiger partial charge is 0.298 e. The molecule has 0 aliphatic carbocycles. The van der Waals surface area contributed by atoms with Crippen molar-refractivity contribution in [2.24, 2.45) is 0 Å². The molecule has 106 valence electrons. The van der Waals surface area contributed by atoms with Gasteiger partial charge < -0.3 is 0 Å². The van der Waals surface area contributed by atoms with Crippen LogP contribution in [0.25, 0.3) is 0 Å². The van der Waals surface area contributed by atoms with E-state index in [9.17, 15) is 0 Å². The second-order valence-electron chi connectivity index (χ2n) is 5.64. The van der Waals surface area contributed by atoms with Gasteiger partial charge in [0.2, 0.25) is 0 Å². The van der Waals surface area contributed by atoms with Crippen molar-refractivity contribution in [3.05, 3.63) is 47.0 Å². The van der Waals surface area contributed by atoms with Crippen molar-refractivity contribution >= 4 is 0 Å². The SMILES string of the molecule is CCn1nc(C)c(CN2CC(c3cccnc3)C2)c1C. The lowest BCUT2D eigenvalue weighted by atomic mass is 9.92. The maximum Gasteiger partial charge on any atom is 0.0641 e. The Labute approximate surface area is 120 Å². The van der Waals surface area contributed by atoms with E-state index in [1.54, 1.807) is 0 Å². The molecular formula is C16H22N4. The van der Waals surface area contributed by atoms with Crippen molar-refractivity contribution in [2.75, 3.05) is 13.1 Å².